The summed E-state index contributed by atoms with van der Waals surface area (Å²) in [6.45, 7) is 1.42. The normalized spacial score (nSPS) is 10.8. The number of fused-ring (bicyclic) bond motifs is 1. The Labute approximate surface area is 85.6 Å². The van der Waals surface area contributed by atoms with Crippen LogP contribution in [0.2, 0.25) is 0 Å². The van der Waals surface area contributed by atoms with Crippen molar-refractivity contribution >= 4 is 17.1 Å². The third-order valence-corrected chi connectivity index (χ3v) is 2.29. The van der Waals surface area contributed by atoms with Crippen LogP contribution < -0.4 is 0 Å². The third kappa shape index (κ3) is 1.37. The molecule has 0 aliphatic heterocycles. The van der Waals surface area contributed by atoms with Crippen molar-refractivity contribution in [3.8, 4) is 0 Å². The molecule has 1 aromatic heterocycles. The topological polar surface area (TPSA) is 75.4 Å². The molecule has 5 nitrogen and oxygen atoms in total. The molecule has 0 bridgehead atoms. The summed E-state index contributed by atoms with van der Waals surface area (Å²) in [6.07, 6.45) is -1.09. The van der Waals surface area contributed by atoms with Gasteiger partial charge in [0.25, 0.3) is 0 Å². The molecule has 5 heteroatoms. The van der Waals surface area contributed by atoms with Gasteiger partial charge in [-0.05, 0) is 13.0 Å². The van der Waals surface area contributed by atoms with Gasteiger partial charge in [0.05, 0.1) is 17.6 Å². The summed E-state index contributed by atoms with van der Waals surface area (Å²) < 4.78 is 1.08. The number of nitrogens with zero attached hydrogens (tertiary/aromatic N) is 2. The van der Waals surface area contributed by atoms with E-state index in [0.29, 0.717) is 22.4 Å². The first-order valence-electron chi connectivity index (χ1n) is 4.46. The predicted octanol–water partition coefficient (Wildman–Crippen LogP) is 1.36. The Kier molecular flexibility index (Phi) is 2.17. The fourth-order valence-electron chi connectivity index (χ4n) is 1.67. The molecule has 0 saturated heterocycles. The molecule has 0 atom stereocenters. The fraction of sp³-hybridized carbons (Fsp3) is 0.200. The molecule has 0 aliphatic rings. The first-order chi connectivity index (χ1) is 7.15. The molecule has 2 rings (SSSR count). The van der Waals surface area contributed by atoms with Crippen LogP contribution in [-0.4, -0.2) is 25.9 Å². The fourth-order valence-corrected chi connectivity index (χ4v) is 1.67. The Morgan fingerprint density at radius 3 is 2.87 bits per heavy atom. The number of rotatable bonds is 1. The lowest BCUT2D eigenvalue weighted by molar-refractivity contribution is 0.196. The standard InChI is InChI=1S/C10H10N2O3/c1-6-11-8-4-2-3-7(5-13)9(8)12(6)10(14)15/h2-4,13H,5H2,1H3,(H,14,15). The van der Waals surface area contributed by atoms with Crippen LogP contribution in [0.3, 0.4) is 0 Å². The number of aliphatic hydroxyl groups is 1. The maximum atomic E-state index is 11.0. The van der Waals surface area contributed by atoms with Crippen molar-refractivity contribution in [1.82, 2.24) is 9.55 Å². The van der Waals surface area contributed by atoms with Gasteiger partial charge in [-0.2, -0.15) is 0 Å². The van der Waals surface area contributed by atoms with Gasteiger partial charge in [-0.1, -0.05) is 12.1 Å². The van der Waals surface area contributed by atoms with Crippen LogP contribution in [0.4, 0.5) is 4.79 Å². The number of aromatic nitrogens is 2. The molecule has 0 fully saturated rings. The second kappa shape index (κ2) is 3.36. The van der Waals surface area contributed by atoms with E-state index in [0.717, 1.165) is 4.57 Å². The summed E-state index contributed by atoms with van der Waals surface area (Å²) in [6, 6.07) is 5.15. The minimum atomic E-state index is -1.09. The van der Waals surface area contributed by atoms with Crippen molar-refractivity contribution in [3.63, 3.8) is 0 Å². The van der Waals surface area contributed by atoms with E-state index in [-0.39, 0.29) is 6.61 Å². The Morgan fingerprint density at radius 1 is 1.53 bits per heavy atom. The second-order valence-corrected chi connectivity index (χ2v) is 3.22. The van der Waals surface area contributed by atoms with Gasteiger partial charge in [-0.3, -0.25) is 0 Å². The van der Waals surface area contributed by atoms with Crippen LogP contribution in [0.25, 0.3) is 11.0 Å². The van der Waals surface area contributed by atoms with Gasteiger partial charge < -0.3 is 10.2 Å². The van der Waals surface area contributed by atoms with Gasteiger partial charge in [0, 0.05) is 5.56 Å². The SMILES string of the molecule is Cc1nc2cccc(CO)c2n1C(=O)O. The second-order valence-electron chi connectivity index (χ2n) is 3.22. The monoisotopic (exact) mass is 206 g/mol. The smallest absolute Gasteiger partial charge is 0.417 e. The number of aliphatic hydroxyl groups excluding tert-OH is 1. The quantitative estimate of drug-likeness (QED) is 0.738. The Balaban J connectivity index is 2.88. The lowest BCUT2D eigenvalue weighted by Gasteiger charge is -2.02. The van der Waals surface area contributed by atoms with Gasteiger partial charge in [-0.15, -0.1) is 0 Å². The molecule has 1 aromatic carbocycles. The molecule has 78 valence electrons. The Bertz CT molecular complexity index is 531. The number of para-hydroxylation sites is 1. The van der Waals surface area contributed by atoms with Crippen LogP contribution in [0, 0.1) is 6.92 Å². The summed E-state index contributed by atoms with van der Waals surface area (Å²) in [7, 11) is 0. The highest BCUT2D eigenvalue weighted by Gasteiger charge is 2.15. The van der Waals surface area contributed by atoms with E-state index in [1.54, 1.807) is 25.1 Å². The van der Waals surface area contributed by atoms with E-state index in [2.05, 4.69) is 4.98 Å². The van der Waals surface area contributed by atoms with Gasteiger partial charge in [0.15, 0.2) is 0 Å². The van der Waals surface area contributed by atoms with E-state index < -0.39 is 6.09 Å². The molecule has 15 heavy (non-hydrogen) atoms. The zero-order valence-electron chi connectivity index (χ0n) is 8.14. The summed E-state index contributed by atoms with van der Waals surface area (Å²) >= 11 is 0. The number of imidazole rings is 1. The maximum absolute atomic E-state index is 11.0. The largest absolute Gasteiger partial charge is 0.464 e. The predicted molar refractivity (Wildman–Crippen MR) is 53.8 cm³/mol. The van der Waals surface area contributed by atoms with Crippen LogP contribution in [0.15, 0.2) is 18.2 Å². The van der Waals surface area contributed by atoms with E-state index in [9.17, 15) is 4.79 Å². The maximum Gasteiger partial charge on any atom is 0.417 e. The summed E-state index contributed by atoms with van der Waals surface area (Å²) in [4.78, 5) is 15.1. The van der Waals surface area contributed by atoms with Gasteiger partial charge >= 0.3 is 6.09 Å². The Morgan fingerprint density at radius 2 is 2.27 bits per heavy atom. The average molecular weight is 206 g/mol. The number of hydrogen-bond acceptors (Lipinski definition) is 3. The van der Waals surface area contributed by atoms with E-state index >= 15 is 0 Å². The molecule has 0 aliphatic carbocycles. The number of benzene rings is 1. The number of aryl methyl sites for hydroxylation is 1. The molecule has 2 N–H and O–H groups in total. The number of carbonyl (C=O) groups is 1. The van der Waals surface area contributed by atoms with Crippen molar-refractivity contribution in [2.45, 2.75) is 13.5 Å². The number of carboxylic acid groups (broad SMARTS) is 1. The zero-order valence-corrected chi connectivity index (χ0v) is 8.14. The van der Waals surface area contributed by atoms with Crippen molar-refractivity contribution in [1.29, 1.82) is 0 Å². The van der Waals surface area contributed by atoms with E-state index in [1.165, 1.54) is 0 Å². The van der Waals surface area contributed by atoms with Crippen LogP contribution in [0.5, 0.6) is 0 Å². The minimum absolute atomic E-state index is 0.199. The van der Waals surface area contributed by atoms with Crippen molar-refractivity contribution in [3.05, 3.63) is 29.6 Å². The lowest BCUT2D eigenvalue weighted by Crippen LogP contribution is -2.10. The van der Waals surface area contributed by atoms with Gasteiger partial charge in [0.1, 0.15) is 5.82 Å². The molecular formula is C10H10N2O3. The highest BCUT2D eigenvalue weighted by atomic mass is 16.4. The third-order valence-electron chi connectivity index (χ3n) is 2.29. The van der Waals surface area contributed by atoms with Crippen molar-refractivity contribution in [2.75, 3.05) is 0 Å². The Hall–Kier alpha value is -1.88. The van der Waals surface area contributed by atoms with Crippen LogP contribution in [-0.2, 0) is 6.61 Å². The average Bonchev–Trinajstić information content (AvgIpc) is 2.53. The summed E-state index contributed by atoms with van der Waals surface area (Å²) in [5.41, 5.74) is 1.61. The highest BCUT2D eigenvalue weighted by Crippen LogP contribution is 2.20. The molecule has 2 aromatic rings. The summed E-state index contributed by atoms with van der Waals surface area (Å²) in [5, 5.41) is 18.1. The molecule has 1 heterocycles. The highest BCUT2D eigenvalue weighted by molar-refractivity contribution is 5.88. The molecular weight excluding hydrogens is 196 g/mol. The number of hydrogen-bond donors (Lipinski definition) is 2. The van der Waals surface area contributed by atoms with Crippen LogP contribution in [0.1, 0.15) is 11.4 Å². The lowest BCUT2D eigenvalue weighted by atomic mass is 10.2. The molecule has 0 amide bonds. The molecule has 0 radical (unpaired) electrons. The van der Waals surface area contributed by atoms with Crippen molar-refractivity contribution < 1.29 is 15.0 Å². The van der Waals surface area contributed by atoms with Gasteiger partial charge in [-0.25, -0.2) is 14.3 Å². The molecule has 0 unspecified atom stereocenters. The zero-order chi connectivity index (χ0) is 11.0. The van der Waals surface area contributed by atoms with Crippen LogP contribution >= 0.6 is 0 Å². The van der Waals surface area contributed by atoms with E-state index in [4.69, 9.17) is 10.2 Å². The minimum Gasteiger partial charge on any atom is -0.464 e. The first kappa shape index (κ1) is 9.67. The van der Waals surface area contributed by atoms with E-state index in [1.807, 2.05) is 0 Å². The van der Waals surface area contributed by atoms with Crippen molar-refractivity contribution in [2.24, 2.45) is 0 Å². The first-order valence-corrected chi connectivity index (χ1v) is 4.46. The van der Waals surface area contributed by atoms with Gasteiger partial charge in [0.2, 0.25) is 0 Å². The summed E-state index contributed by atoms with van der Waals surface area (Å²) in [5.74, 6) is 0.401. The molecule has 0 spiro atoms. The molecule has 0 saturated carbocycles.